The minimum Gasteiger partial charge on any atom is -0.480 e. The summed E-state index contributed by atoms with van der Waals surface area (Å²) in [4.78, 5) is 22.4. The van der Waals surface area contributed by atoms with Crippen molar-refractivity contribution in [2.45, 2.75) is 51.5 Å². The molecule has 2 unspecified atom stereocenters. The number of carboxylic acid groups (broad SMARTS) is 1. The Morgan fingerprint density at radius 3 is 2.90 bits per heavy atom. The van der Waals surface area contributed by atoms with Gasteiger partial charge in [-0.25, -0.2) is 14.8 Å². The topological polar surface area (TPSA) is 66.3 Å². The van der Waals surface area contributed by atoms with Crippen LogP contribution in [0.15, 0.2) is 6.33 Å². The average Bonchev–Trinajstić information content (AvgIpc) is 2.66. The van der Waals surface area contributed by atoms with E-state index in [1.54, 1.807) is 6.33 Å². The largest absolute Gasteiger partial charge is 0.480 e. The summed E-state index contributed by atoms with van der Waals surface area (Å²) >= 11 is 0. The van der Waals surface area contributed by atoms with Crippen molar-refractivity contribution in [1.29, 1.82) is 0 Å². The van der Waals surface area contributed by atoms with Gasteiger partial charge in [-0.15, -0.1) is 0 Å². The van der Waals surface area contributed by atoms with Crippen LogP contribution in [-0.2, 0) is 17.6 Å². The van der Waals surface area contributed by atoms with Crippen LogP contribution in [0.2, 0.25) is 0 Å². The van der Waals surface area contributed by atoms with Gasteiger partial charge in [0.1, 0.15) is 18.2 Å². The number of fused-ring (bicyclic) bond motifs is 1. The molecule has 1 N–H and O–H groups in total. The van der Waals surface area contributed by atoms with Crippen LogP contribution in [0.1, 0.15) is 43.9 Å². The van der Waals surface area contributed by atoms with E-state index in [1.165, 1.54) is 18.4 Å². The molecule has 0 saturated carbocycles. The standard InChI is InChI=1S/C15H21N3O2/c1-10-7-8-18(13(10)15(19)20)14-11-5-3-2-4-6-12(11)16-9-17-14/h9-10,13H,2-8H2,1H3,(H,19,20). The molecule has 0 radical (unpaired) electrons. The Morgan fingerprint density at radius 2 is 2.10 bits per heavy atom. The Kier molecular flexibility index (Phi) is 3.59. The van der Waals surface area contributed by atoms with Crippen LogP contribution in [0.4, 0.5) is 5.82 Å². The summed E-state index contributed by atoms with van der Waals surface area (Å²) in [6, 6.07) is -0.447. The van der Waals surface area contributed by atoms with Gasteiger partial charge in [0.05, 0.1) is 0 Å². The fourth-order valence-corrected chi connectivity index (χ4v) is 3.49. The Morgan fingerprint density at radius 1 is 1.30 bits per heavy atom. The molecule has 0 spiro atoms. The van der Waals surface area contributed by atoms with Gasteiger partial charge in [0.25, 0.3) is 0 Å². The summed E-state index contributed by atoms with van der Waals surface area (Å²) in [6.07, 6.45) is 8.01. The highest BCUT2D eigenvalue weighted by Crippen LogP contribution is 2.33. The molecule has 1 saturated heterocycles. The highest BCUT2D eigenvalue weighted by atomic mass is 16.4. The molecule has 2 atom stereocenters. The number of hydrogen-bond donors (Lipinski definition) is 1. The van der Waals surface area contributed by atoms with Gasteiger partial charge in [-0.1, -0.05) is 13.3 Å². The molecule has 3 rings (SSSR count). The highest BCUT2D eigenvalue weighted by Gasteiger charge is 2.38. The first-order valence-corrected chi connectivity index (χ1v) is 7.50. The molecule has 1 aliphatic heterocycles. The monoisotopic (exact) mass is 275 g/mol. The van der Waals surface area contributed by atoms with E-state index in [4.69, 9.17) is 0 Å². The highest BCUT2D eigenvalue weighted by molar-refractivity contribution is 5.79. The van der Waals surface area contributed by atoms with E-state index >= 15 is 0 Å². The number of carboxylic acids is 1. The second-order valence-corrected chi connectivity index (χ2v) is 5.93. The number of rotatable bonds is 2. The lowest BCUT2D eigenvalue weighted by Crippen LogP contribution is -2.40. The number of aryl methyl sites for hydroxylation is 1. The van der Waals surface area contributed by atoms with Crippen LogP contribution < -0.4 is 4.90 Å². The van der Waals surface area contributed by atoms with Crippen LogP contribution in [0, 0.1) is 5.92 Å². The fraction of sp³-hybridized carbons (Fsp3) is 0.667. The molecule has 20 heavy (non-hydrogen) atoms. The summed E-state index contributed by atoms with van der Waals surface area (Å²) in [6.45, 7) is 2.79. The van der Waals surface area contributed by atoms with E-state index in [9.17, 15) is 9.90 Å². The Balaban J connectivity index is 2.00. The summed E-state index contributed by atoms with van der Waals surface area (Å²) in [5, 5.41) is 9.49. The lowest BCUT2D eigenvalue weighted by Gasteiger charge is -2.26. The van der Waals surface area contributed by atoms with Crippen molar-refractivity contribution in [2.75, 3.05) is 11.4 Å². The summed E-state index contributed by atoms with van der Waals surface area (Å²) in [5.74, 6) is 0.300. The quantitative estimate of drug-likeness (QED) is 0.837. The number of nitrogens with zero attached hydrogens (tertiary/aromatic N) is 3. The van der Waals surface area contributed by atoms with Crippen LogP contribution in [0.3, 0.4) is 0 Å². The van der Waals surface area contributed by atoms with Crippen LogP contribution >= 0.6 is 0 Å². The molecule has 1 fully saturated rings. The Bertz CT molecular complexity index is 518. The third-order valence-corrected chi connectivity index (χ3v) is 4.58. The summed E-state index contributed by atoms with van der Waals surface area (Å²) < 4.78 is 0. The molecule has 1 aromatic heterocycles. The normalized spacial score (nSPS) is 26.1. The van der Waals surface area contributed by atoms with E-state index in [1.807, 2.05) is 11.8 Å². The number of hydrogen-bond acceptors (Lipinski definition) is 4. The molecule has 108 valence electrons. The molecule has 2 heterocycles. The van der Waals surface area contributed by atoms with Gasteiger partial charge in [0.2, 0.25) is 0 Å². The predicted molar refractivity (Wildman–Crippen MR) is 75.8 cm³/mol. The number of aromatic nitrogens is 2. The third-order valence-electron chi connectivity index (χ3n) is 4.58. The van der Waals surface area contributed by atoms with Gasteiger partial charge >= 0.3 is 5.97 Å². The number of carbonyl (C=O) groups is 1. The smallest absolute Gasteiger partial charge is 0.326 e. The van der Waals surface area contributed by atoms with Crippen molar-refractivity contribution in [2.24, 2.45) is 5.92 Å². The van der Waals surface area contributed by atoms with Gasteiger partial charge in [-0.3, -0.25) is 0 Å². The lowest BCUT2D eigenvalue weighted by atomic mass is 10.0. The molecule has 1 aliphatic carbocycles. The zero-order chi connectivity index (χ0) is 14.1. The Hall–Kier alpha value is -1.65. The van der Waals surface area contributed by atoms with Crippen molar-refractivity contribution in [3.63, 3.8) is 0 Å². The minimum absolute atomic E-state index is 0.170. The average molecular weight is 275 g/mol. The zero-order valence-electron chi connectivity index (χ0n) is 11.9. The Labute approximate surface area is 119 Å². The van der Waals surface area contributed by atoms with Gasteiger partial charge in [-0.2, -0.15) is 0 Å². The van der Waals surface area contributed by atoms with Gasteiger partial charge in [0.15, 0.2) is 0 Å². The van der Waals surface area contributed by atoms with E-state index < -0.39 is 12.0 Å². The molecular weight excluding hydrogens is 254 g/mol. The molecular formula is C15H21N3O2. The van der Waals surface area contributed by atoms with E-state index in [0.717, 1.165) is 43.7 Å². The minimum atomic E-state index is -0.740. The SMILES string of the molecule is CC1CCN(c2ncnc3c2CCCCC3)C1C(=O)O. The maximum Gasteiger partial charge on any atom is 0.326 e. The van der Waals surface area contributed by atoms with Gasteiger partial charge in [0, 0.05) is 17.8 Å². The molecule has 5 heteroatoms. The molecule has 2 aliphatic rings. The molecule has 1 aromatic rings. The molecule has 5 nitrogen and oxygen atoms in total. The lowest BCUT2D eigenvalue weighted by molar-refractivity contribution is -0.139. The van der Waals surface area contributed by atoms with Crippen molar-refractivity contribution in [1.82, 2.24) is 9.97 Å². The third kappa shape index (κ3) is 2.25. The first-order chi connectivity index (χ1) is 9.68. The van der Waals surface area contributed by atoms with Crippen molar-refractivity contribution in [3.05, 3.63) is 17.6 Å². The van der Waals surface area contributed by atoms with Crippen LogP contribution in [0.5, 0.6) is 0 Å². The fourth-order valence-electron chi connectivity index (χ4n) is 3.49. The number of aliphatic carboxylic acids is 1. The van der Waals surface area contributed by atoms with Crippen LogP contribution in [-0.4, -0.2) is 33.6 Å². The van der Waals surface area contributed by atoms with E-state index in [-0.39, 0.29) is 5.92 Å². The molecule has 0 amide bonds. The number of anilines is 1. The van der Waals surface area contributed by atoms with E-state index in [0.29, 0.717) is 0 Å². The maximum absolute atomic E-state index is 11.5. The second-order valence-electron chi connectivity index (χ2n) is 5.93. The van der Waals surface area contributed by atoms with Gasteiger partial charge < -0.3 is 10.0 Å². The van der Waals surface area contributed by atoms with Crippen LogP contribution in [0.25, 0.3) is 0 Å². The van der Waals surface area contributed by atoms with Gasteiger partial charge in [-0.05, 0) is 38.0 Å². The predicted octanol–water partition coefficient (Wildman–Crippen LogP) is 2.04. The zero-order valence-corrected chi connectivity index (χ0v) is 11.9. The van der Waals surface area contributed by atoms with E-state index in [2.05, 4.69) is 9.97 Å². The first-order valence-electron chi connectivity index (χ1n) is 7.50. The molecule has 0 aromatic carbocycles. The molecule has 0 bridgehead atoms. The summed E-state index contributed by atoms with van der Waals surface area (Å²) in [5.41, 5.74) is 2.31. The van der Waals surface area contributed by atoms with Crippen molar-refractivity contribution >= 4 is 11.8 Å². The van der Waals surface area contributed by atoms with Crippen molar-refractivity contribution < 1.29 is 9.90 Å². The second kappa shape index (κ2) is 5.38. The first kappa shape index (κ1) is 13.3. The summed E-state index contributed by atoms with van der Waals surface area (Å²) in [7, 11) is 0. The maximum atomic E-state index is 11.5. The van der Waals surface area contributed by atoms with Crippen molar-refractivity contribution in [3.8, 4) is 0 Å².